The molecular weight excluding hydrogens is 471 g/mol. The van der Waals surface area contributed by atoms with E-state index in [-0.39, 0.29) is 4.88 Å². The highest BCUT2D eigenvalue weighted by atomic mass is 35.5. The van der Waals surface area contributed by atoms with Crippen LogP contribution in [0.15, 0.2) is 30.7 Å². The average Bonchev–Trinajstić information content (AvgIpc) is 3.17. The number of hydrogen-bond acceptors (Lipinski definition) is 6. The Morgan fingerprint density at radius 1 is 1.15 bits per heavy atom. The van der Waals surface area contributed by atoms with Gasteiger partial charge in [0.15, 0.2) is 0 Å². The lowest BCUT2D eigenvalue weighted by molar-refractivity contribution is -0.126. The van der Waals surface area contributed by atoms with Gasteiger partial charge in [-0.15, -0.1) is 11.3 Å². The number of nitrogens with zero attached hydrogens (tertiary/aromatic N) is 5. The number of halogens is 4. The van der Waals surface area contributed by atoms with Crippen LogP contribution in [0.4, 0.5) is 19.0 Å². The van der Waals surface area contributed by atoms with Crippen molar-refractivity contribution in [1.82, 2.24) is 19.9 Å². The summed E-state index contributed by atoms with van der Waals surface area (Å²) in [5.74, 6) is 1.79. The van der Waals surface area contributed by atoms with Crippen LogP contribution in [-0.2, 0) is 13.0 Å². The number of rotatable bonds is 4. The molecule has 5 rings (SSSR count). The molecule has 3 aromatic heterocycles. The van der Waals surface area contributed by atoms with Crippen LogP contribution in [0, 0.1) is 11.8 Å². The molecule has 2 aliphatic heterocycles. The maximum Gasteiger partial charge on any atom is 0.393 e. The summed E-state index contributed by atoms with van der Waals surface area (Å²) in [6, 6.07) is 5.95. The van der Waals surface area contributed by atoms with Crippen LogP contribution >= 0.6 is 22.9 Å². The first-order valence-corrected chi connectivity index (χ1v) is 12.4. The molecule has 0 aliphatic carbocycles. The van der Waals surface area contributed by atoms with Crippen molar-refractivity contribution in [3.05, 3.63) is 46.3 Å². The Hall–Kier alpha value is -1.97. The summed E-state index contributed by atoms with van der Waals surface area (Å²) < 4.78 is 38.7. The van der Waals surface area contributed by atoms with Gasteiger partial charge in [-0.25, -0.2) is 15.0 Å². The largest absolute Gasteiger partial charge is 0.393 e. The first-order valence-electron chi connectivity index (χ1n) is 11.2. The van der Waals surface area contributed by atoms with Crippen LogP contribution in [0.3, 0.4) is 0 Å². The highest BCUT2D eigenvalue weighted by Gasteiger charge is 2.40. The zero-order valence-corrected chi connectivity index (χ0v) is 19.8. The van der Waals surface area contributed by atoms with E-state index in [0.717, 1.165) is 67.1 Å². The third-order valence-corrected chi connectivity index (χ3v) is 8.17. The zero-order valence-electron chi connectivity index (χ0n) is 18.2. The van der Waals surface area contributed by atoms with Crippen LogP contribution in [0.2, 0.25) is 5.15 Å². The van der Waals surface area contributed by atoms with Crippen molar-refractivity contribution >= 4 is 39.0 Å². The SMILES string of the molecule is C[C@@H]1CCN(Cc2ccc(Cl)nc2)[C@H]2CCN(c3ncnc4sc(CC(F)(F)F)cc34)C[C@@H]12. The Kier molecular flexibility index (Phi) is 6.22. The monoisotopic (exact) mass is 495 g/mol. The van der Waals surface area contributed by atoms with Gasteiger partial charge in [-0.05, 0) is 48.9 Å². The van der Waals surface area contributed by atoms with Gasteiger partial charge in [0, 0.05) is 36.8 Å². The molecule has 0 spiro atoms. The molecule has 0 radical (unpaired) electrons. The van der Waals surface area contributed by atoms with Gasteiger partial charge in [0.1, 0.15) is 22.1 Å². The van der Waals surface area contributed by atoms with E-state index in [1.807, 2.05) is 18.3 Å². The van der Waals surface area contributed by atoms with Gasteiger partial charge in [0.25, 0.3) is 0 Å². The normalized spacial score (nSPS) is 24.3. The quantitative estimate of drug-likeness (QED) is 0.442. The number of anilines is 1. The molecule has 5 heterocycles. The molecule has 5 nitrogen and oxygen atoms in total. The molecule has 0 amide bonds. The third kappa shape index (κ3) is 4.95. The lowest BCUT2D eigenvalue weighted by Crippen LogP contribution is -2.56. The number of piperidine rings is 2. The zero-order chi connectivity index (χ0) is 23.2. The first kappa shape index (κ1) is 22.8. The molecule has 2 fully saturated rings. The highest BCUT2D eigenvalue weighted by Crippen LogP contribution is 2.39. The summed E-state index contributed by atoms with van der Waals surface area (Å²) in [4.78, 5) is 18.7. The van der Waals surface area contributed by atoms with E-state index in [1.54, 1.807) is 6.07 Å². The predicted molar refractivity (Wildman–Crippen MR) is 125 cm³/mol. The standard InChI is InChI=1S/C23H25ClF3N5S/c1-14-4-6-31(11-15-2-3-20(24)28-10-15)19-5-7-32(12-18(14)19)21-17-8-16(9-23(25,26)27)33-22(17)30-13-29-21/h2-3,8,10,13-14,18-19H,4-7,9,11-12H2,1H3/t14-,18+,19+/m1/s1. The molecule has 33 heavy (non-hydrogen) atoms. The van der Waals surface area contributed by atoms with Gasteiger partial charge in [-0.2, -0.15) is 13.2 Å². The number of thiophene rings is 1. The van der Waals surface area contributed by atoms with E-state index in [9.17, 15) is 13.2 Å². The Morgan fingerprint density at radius 2 is 2.00 bits per heavy atom. The summed E-state index contributed by atoms with van der Waals surface area (Å²) in [6.07, 6.45) is 0.264. The first-order chi connectivity index (χ1) is 15.8. The fourth-order valence-electron chi connectivity index (χ4n) is 5.28. The van der Waals surface area contributed by atoms with E-state index >= 15 is 0 Å². The Morgan fingerprint density at radius 3 is 2.76 bits per heavy atom. The summed E-state index contributed by atoms with van der Waals surface area (Å²) in [5.41, 5.74) is 1.16. The number of fused-ring (bicyclic) bond motifs is 2. The van der Waals surface area contributed by atoms with Crippen LogP contribution in [-0.4, -0.2) is 51.7 Å². The molecular formula is C23H25ClF3N5S. The number of pyridine rings is 1. The van der Waals surface area contributed by atoms with E-state index in [2.05, 4.69) is 31.7 Å². The average molecular weight is 496 g/mol. The fraction of sp³-hybridized carbons (Fsp3) is 0.522. The molecule has 0 saturated carbocycles. The van der Waals surface area contributed by atoms with Crippen LogP contribution < -0.4 is 4.90 Å². The second-order valence-electron chi connectivity index (χ2n) is 9.11. The summed E-state index contributed by atoms with van der Waals surface area (Å²) in [5, 5.41) is 1.23. The van der Waals surface area contributed by atoms with Crippen molar-refractivity contribution in [2.75, 3.05) is 24.5 Å². The van der Waals surface area contributed by atoms with Crippen molar-refractivity contribution < 1.29 is 13.2 Å². The molecule has 0 unspecified atom stereocenters. The molecule has 0 aromatic carbocycles. The van der Waals surface area contributed by atoms with Gasteiger partial charge in [0.05, 0.1) is 11.8 Å². The van der Waals surface area contributed by atoms with E-state index in [0.29, 0.717) is 27.9 Å². The number of hydrogen-bond donors (Lipinski definition) is 0. The predicted octanol–water partition coefficient (Wildman–Crippen LogP) is 5.58. The summed E-state index contributed by atoms with van der Waals surface area (Å²) in [7, 11) is 0. The van der Waals surface area contributed by atoms with Crippen molar-refractivity contribution in [2.45, 2.75) is 44.9 Å². The molecule has 176 valence electrons. The maximum atomic E-state index is 12.9. The van der Waals surface area contributed by atoms with Gasteiger partial charge >= 0.3 is 6.18 Å². The molecule has 3 aromatic rings. The van der Waals surface area contributed by atoms with Gasteiger partial charge in [-0.3, -0.25) is 4.90 Å². The van der Waals surface area contributed by atoms with Crippen molar-refractivity contribution in [3.8, 4) is 0 Å². The second kappa shape index (κ2) is 9.00. The summed E-state index contributed by atoms with van der Waals surface area (Å²) in [6.45, 7) is 5.87. The van der Waals surface area contributed by atoms with Crippen LogP contribution in [0.1, 0.15) is 30.2 Å². The molecule has 0 N–H and O–H groups in total. The highest BCUT2D eigenvalue weighted by molar-refractivity contribution is 7.18. The second-order valence-corrected chi connectivity index (χ2v) is 10.6. The minimum atomic E-state index is -4.23. The van der Waals surface area contributed by atoms with E-state index < -0.39 is 12.6 Å². The molecule has 2 aliphatic rings. The van der Waals surface area contributed by atoms with Crippen molar-refractivity contribution in [1.29, 1.82) is 0 Å². The van der Waals surface area contributed by atoms with Gasteiger partial charge < -0.3 is 4.90 Å². The lowest BCUT2D eigenvalue weighted by atomic mass is 9.76. The van der Waals surface area contributed by atoms with E-state index in [4.69, 9.17) is 11.6 Å². The topological polar surface area (TPSA) is 45.2 Å². The Balaban J connectivity index is 1.35. The smallest absolute Gasteiger partial charge is 0.356 e. The molecule has 0 bridgehead atoms. The molecule has 2 saturated heterocycles. The lowest BCUT2D eigenvalue weighted by Gasteiger charge is -2.50. The van der Waals surface area contributed by atoms with E-state index in [1.165, 1.54) is 6.33 Å². The molecule has 10 heteroatoms. The van der Waals surface area contributed by atoms with Crippen molar-refractivity contribution in [2.24, 2.45) is 11.8 Å². The van der Waals surface area contributed by atoms with Gasteiger partial charge in [-0.1, -0.05) is 24.6 Å². The Bertz CT molecular complexity index is 1120. The fourth-order valence-corrected chi connectivity index (χ4v) is 6.42. The minimum Gasteiger partial charge on any atom is -0.356 e. The van der Waals surface area contributed by atoms with Crippen LogP contribution in [0.5, 0.6) is 0 Å². The number of likely N-dealkylation sites (tertiary alicyclic amines) is 1. The van der Waals surface area contributed by atoms with Crippen LogP contribution in [0.25, 0.3) is 10.2 Å². The van der Waals surface area contributed by atoms with Gasteiger partial charge in [0.2, 0.25) is 0 Å². The molecule has 3 atom stereocenters. The van der Waals surface area contributed by atoms with Crippen molar-refractivity contribution in [3.63, 3.8) is 0 Å². The minimum absolute atomic E-state index is 0.280. The maximum absolute atomic E-state index is 12.9. The number of alkyl halides is 3. The summed E-state index contributed by atoms with van der Waals surface area (Å²) >= 11 is 7.04. The number of aromatic nitrogens is 3. The third-order valence-electron chi connectivity index (χ3n) is 6.90. The Labute approximate surface area is 199 Å².